The van der Waals surface area contributed by atoms with E-state index in [4.69, 9.17) is 0 Å². The Morgan fingerprint density at radius 2 is 1.82 bits per heavy atom. The maximum Gasteiger partial charge on any atom is 0.0437 e. The van der Waals surface area contributed by atoms with Crippen molar-refractivity contribution in [2.24, 2.45) is 0 Å². The molecule has 0 amide bonds. The number of nitrogens with one attached hydrogen (secondary N) is 1. The smallest absolute Gasteiger partial charge is 0.0437 e. The van der Waals surface area contributed by atoms with Gasteiger partial charge in [0.2, 0.25) is 0 Å². The number of hydrogen-bond donors (Lipinski definition) is 1. The van der Waals surface area contributed by atoms with Crippen LogP contribution in [0, 0.1) is 0 Å². The summed E-state index contributed by atoms with van der Waals surface area (Å²) in [5.41, 5.74) is 2.38. The molecule has 0 heterocycles. The molecule has 2 heteroatoms. The van der Waals surface area contributed by atoms with Crippen LogP contribution in [0.3, 0.4) is 0 Å². The van der Waals surface area contributed by atoms with Crippen molar-refractivity contribution in [3.05, 3.63) is 61.8 Å². The third kappa shape index (κ3) is 5.25. The Balaban J connectivity index is 4.90. The third-order valence-electron chi connectivity index (χ3n) is 2.46. The van der Waals surface area contributed by atoms with Gasteiger partial charge in [-0.3, -0.25) is 0 Å². The van der Waals surface area contributed by atoms with E-state index in [0.29, 0.717) is 0 Å². The van der Waals surface area contributed by atoms with Crippen molar-refractivity contribution in [2.45, 2.75) is 26.7 Å². The van der Waals surface area contributed by atoms with Crippen LogP contribution in [0.15, 0.2) is 61.8 Å². The lowest BCUT2D eigenvalue weighted by Crippen LogP contribution is -2.09. The first-order valence-electron chi connectivity index (χ1n) is 6.01. The average molecular weight is 232 g/mol. The zero-order valence-corrected chi connectivity index (χ0v) is 11.1. The van der Waals surface area contributed by atoms with Crippen molar-refractivity contribution in [3.8, 4) is 0 Å². The van der Waals surface area contributed by atoms with E-state index in [1.807, 2.05) is 17.2 Å². The predicted octanol–water partition coefficient (Wildman–Crippen LogP) is 3.94. The van der Waals surface area contributed by atoms with Gasteiger partial charge in [0, 0.05) is 24.6 Å². The lowest BCUT2D eigenvalue weighted by atomic mass is 10.1. The van der Waals surface area contributed by atoms with Crippen LogP contribution in [-0.2, 0) is 0 Å². The van der Waals surface area contributed by atoms with E-state index >= 15 is 0 Å². The summed E-state index contributed by atoms with van der Waals surface area (Å²) in [5.74, 6) is 0. The zero-order chi connectivity index (χ0) is 13.1. The summed E-state index contributed by atoms with van der Waals surface area (Å²) in [7, 11) is 0. The van der Waals surface area contributed by atoms with Gasteiger partial charge < -0.3 is 10.2 Å². The molecular formula is C15H24N2. The molecule has 0 saturated carbocycles. The van der Waals surface area contributed by atoms with Crippen LogP contribution in [0.25, 0.3) is 0 Å². The van der Waals surface area contributed by atoms with Crippen molar-refractivity contribution in [2.75, 3.05) is 6.54 Å². The van der Waals surface area contributed by atoms with Crippen LogP contribution >= 0.6 is 0 Å². The summed E-state index contributed by atoms with van der Waals surface area (Å²) in [6.07, 6.45) is 11.3. The fraction of sp³-hybridized carbons (Fsp3) is 0.333. The van der Waals surface area contributed by atoms with E-state index in [1.54, 1.807) is 12.4 Å². The van der Waals surface area contributed by atoms with Crippen molar-refractivity contribution in [3.63, 3.8) is 0 Å². The molecule has 0 aliphatic rings. The highest BCUT2D eigenvalue weighted by atomic mass is 15.1. The van der Waals surface area contributed by atoms with E-state index in [9.17, 15) is 0 Å². The molecule has 0 spiro atoms. The molecule has 2 nitrogen and oxygen atoms in total. The third-order valence-corrected chi connectivity index (χ3v) is 2.46. The minimum absolute atomic E-state index is 0.906. The second kappa shape index (κ2) is 9.52. The highest BCUT2D eigenvalue weighted by molar-refractivity contribution is 5.27. The van der Waals surface area contributed by atoms with Gasteiger partial charge in [-0.05, 0) is 37.6 Å². The zero-order valence-electron chi connectivity index (χ0n) is 11.1. The quantitative estimate of drug-likeness (QED) is 0.606. The summed E-state index contributed by atoms with van der Waals surface area (Å²) in [4.78, 5) is 1.90. The minimum atomic E-state index is 0.906. The molecule has 0 aliphatic heterocycles. The standard InChI is InChI=1S/C15H24N2/c1-6-14(12-11-13-16-8-3)15(7-2)17(9-4)10-5/h7,9-11,13,16H,2,4-6,8,12H2,1,3H3/b13-11-,15-14-. The molecule has 0 aliphatic carbocycles. The van der Waals surface area contributed by atoms with Crippen LogP contribution in [0.2, 0.25) is 0 Å². The van der Waals surface area contributed by atoms with E-state index < -0.39 is 0 Å². The maximum atomic E-state index is 3.86. The van der Waals surface area contributed by atoms with Crippen LogP contribution in [0.1, 0.15) is 26.7 Å². The monoisotopic (exact) mass is 232 g/mol. The molecule has 94 valence electrons. The molecule has 0 aromatic rings. The SMILES string of the molecule is C=C/C(=C(\CC)C/C=C\NCC)N(C=C)C=C. The highest BCUT2D eigenvalue weighted by Crippen LogP contribution is 2.19. The minimum Gasteiger partial charge on any atom is -0.391 e. The van der Waals surface area contributed by atoms with Gasteiger partial charge in [0.05, 0.1) is 0 Å². The summed E-state index contributed by atoms with van der Waals surface area (Å²) in [6.45, 7) is 16.6. The molecule has 0 rings (SSSR count). The van der Waals surface area contributed by atoms with Gasteiger partial charge in [-0.15, -0.1) is 0 Å². The van der Waals surface area contributed by atoms with Gasteiger partial charge in [-0.1, -0.05) is 32.7 Å². The number of hydrogen-bond acceptors (Lipinski definition) is 2. The van der Waals surface area contributed by atoms with Gasteiger partial charge in [0.15, 0.2) is 0 Å². The van der Waals surface area contributed by atoms with E-state index in [1.165, 1.54) is 5.57 Å². The molecule has 0 aromatic heterocycles. The van der Waals surface area contributed by atoms with Crippen molar-refractivity contribution >= 4 is 0 Å². The maximum absolute atomic E-state index is 3.86. The van der Waals surface area contributed by atoms with E-state index in [-0.39, 0.29) is 0 Å². The summed E-state index contributed by atoms with van der Waals surface area (Å²) >= 11 is 0. The van der Waals surface area contributed by atoms with Gasteiger partial charge in [0.1, 0.15) is 0 Å². The molecule has 0 radical (unpaired) electrons. The molecule has 0 bridgehead atoms. The van der Waals surface area contributed by atoms with Crippen LogP contribution in [0.4, 0.5) is 0 Å². The van der Waals surface area contributed by atoms with Gasteiger partial charge in [-0.25, -0.2) is 0 Å². The fourth-order valence-corrected chi connectivity index (χ4v) is 1.54. The predicted molar refractivity (Wildman–Crippen MR) is 77.2 cm³/mol. The Bertz CT molecular complexity index is 303. The van der Waals surface area contributed by atoms with Gasteiger partial charge >= 0.3 is 0 Å². The van der Waals surface area contributed by atoms with E-state index in [2.05, 4.69) is 45.0 Å². The summed E-state index contributed by atoms with van der Waals surface area (Å²) in [6, 6.07) is 0. The highest BCUT2D eigenvalue weighted by Gasteiger charge is 2.04. The van der Waals surface area contributed by atoms with Crippen LogP contribution in [-0.4, -0.2) is 11.4 Å². The number of rotatable bonds is 9. The van der Waals surface area contributed by atoms with Gasteiger partial charge in [0.25, 0.3) is 0 Å². The molecule has 17 heavy (non-hydrogen) atoms. The lowest BCUT2D eigenvalue weighted by Gasteiger charge is -2.19. The normalized spacial score (nSPS) is 11.9. The Labute approximate surface area is 106 Å². The topological polar surface area (TPSA) is 15.3 Å². The Hall–Kier alpha value is -1.70. The second-order valence-corrected chi connectivity index (χ2v) is 3.48. The number of allylic oxidation sites excluding steroid dienone is 3. The summed E-state index contributed by atoms with van der Waals surface area (Å²) < 4.78 is 0. The molecular weight excluding hydrogens is 208 g/mol. The average Bonchev–Trinajstić information content (AvgIpc) is 2.37. The first-order valence-corrected chi connectivity index (χ1v) is 6.01. The van der Waals surface area contributed by atoms with Gasteiger partial charge in [-0.2, -0.15) is 0 Å². The molecule has 0 atom stereocenters. The number of nitrogens with zero attached hydrogens (tertiary/aromatic N) is 1. The fourth-order valence-electron chi connectivity index (χ4n) is 1.54. The molecule has 1 N–H and O–H groups in total. The first kappa shape index (κ1) is 15.3. The first-order chi connectivity index (χ1) is 8.24. The molecule has 0 aromatic carbocycles. The van der Waals surface area contributed by atoms with Crippen LogP contribution < -0.4 is 5.32 Å². The summed E-state index contributed by atoms with van der Waals surface area (Å²) in [5, 5.41) is 3.16. The van der Waals surface area contributed by atoms with Crippen molar-refractivity contribution < 1.29 is 0 Å². The molecule has 0 unspecified atom stereocenters. The van der Waals surface area contributed by atoms with Crippen molar-refractivity contribution in [1.82, 2.24) is 10.2 Å². The Kier molecular flexibility index (Phi) is 8.57. The molecule has 0 fully saturated rings. The Morgan fingerprint density at radius 1 is 1.18 bits per heavy atom. The largest absolute Gasteiger partial charge is 0.391 e. The molecule has 0 saturated heterocycles. The van der Waals surface area contributed by atoms with Crippen LogP contribution in [0.5, 0.6) is 0 Å². The lowest BCUT2D eigenvalue weighted by molar-refractivity contribution is 0.637. The Morgan fingerprint density at radius 3 is 2.24 bits per heavy atom. The van der Waals surface area contributed by atoms with Crippen molar-refractivity contribution in [1.29, 1.82) is 0 Å². The van der Waals surface area contributed by atoms with E-state index in [0.717, 1.165) is 25.1 Å². The second-order valence-electron chi connectivity index (χ2n) is 3.48.